The molecule has 0 spiro atoms. The summed E-state index contributed by atoms with van der Waals surface area (Å²) in [7, 11) is -3.91. The van der Waals surface area contributed by atoms with Gasteiger partial charge < -0.3 is 22.1 Å². The highest BCUT2D eigenvalue weighted by atomic mass is 79.9. The van der Waals surface area contributed by atoms with E-state index in [1.54, 1.807) is 24.3 Å². The van der Waals surface area contributed by atoms with Crippen LogP contribution in [-0.4, -0.2) is 53.6 Å². The lowest BCUT2D eigenvalue weighted by Crippen LogP contribution is -3.00. The van der Waals surface area contributed by atoms with Gasteiger partial charge in [-0.25, -0.2) is 23.0 Å². The van der Waals surface area contributed by atoms with Crippen molar-refractivity contribution in [1.29, 1.82) is 0 Å². The van der Waals surface area contributed by atoms with Gasteiger partial charge in [0.25, 0.3) is 0 Å². The van der Waals surface area contributed by atoms with E-state index in [4.69, 9.17) is 5.14 Å². The largest absolute Gasteiger partial charge is 1.00 e. The highest BCUT2D eigenvalue weighted by molar-refractivity contribution is 9.10. The van der Waals surface area contributed by atoms with Gasteiger partial charge in [0.15, 0.2) is 0 Å². The van der Waals surface area contributed by atoms with Gasteiger partial charge in [0.2, 0.25) is 15.7 Å². The summed E-state index contributed by atoms with van der Waals surface area (Å²) in [6.07, 6.45) is 3.59. The summed E-state index contributed by atoms with van der Waals surface area (Å²) < 4.78 is 26.1. The molecule has 1 aliphatic rings. The first kappa shape index (κ1) is 24.4. The van der Waals surface area contributed by atoms with Gasteiger partial charge in [0.05, 0.1) is 17.2 Å². The molecule has 1 fully saturated rings. The summed E-state index contributed by atoms with van der Waals surface area (Å²) in [5, 5.41) is 17.6. The number of thioether (sulfide) groups is 1. The molecule has 0 amide bonds. The van der Waals surface area contributed by atoms with Gasteiger partial charge in [0.1, 0.15) is 13.1 Å². The van der Waals surface area contributed by atoms with Crippen molar-refractivity contribution in [3.05, 3.63) is 53.5 Å². The Morgan fingerprint density at radius 3 is 2.48 bits per heavy atom. The number of hydrogen-bond acceptors (Lipinski definition) is 4. The molecule has 0 saturated carbocycles. The van der Waals surface area contributed by atoms with Crippen molar-refractivity contribution in [2.24, 2.45) is 5.14 Å². The Bertz CT molecular complexity index is 847. The van der Waals surface area contributed by atoms with E-state index in [1.165, 1.54) is 17.8 Å². The number of rotatable bonds is 7. The number of benzene rings is 1. The molecule has 0 radical (unpaired) electrons. The van der Waals surface area contributed by atoms with Crippen molar-refractivity contribution in [3.63, 3.8) is 0 Å². The average Bonchev–Trinajstić information content (AvgIpc) is 2.91. The molecular weight excluding hydrogens is 518 g/mol. The van der Waals surface area contributed by atoms with Crippen LogP contribution in [0.4, 0.5) is 0 Å². The van der Waals surface area contributed by atoms with Crippen LogP contribution in [0.1, 0.15) is 12.5 Å². The molecular formula is C17H23Br2N3O3S2. The van der Waals surface area contributed by atoms with Crippen LogP contribution in [-0.2, 0) is 15.7 Å². The first-order valence-corrected chi connectivity index (χ1v) is 11.3. The van der Waals surface area contributed by atoms with E-state index in [0.29, 0.717) is 35.4 Å². The van der Waals surface area contributed by atoms with Crippen molar-refractivity contribution in [2.45, 2.75) is 17.5 Å². The van der Waals surface area contributed by atoms with Crippen molar-refractivity contribution < 1.29 is 35.1 Å². The summed E-state index contributed by atoms with van der Waals surface area (Å²) in [5.74, 6) is 0.368. The van der Waals surface area contributed by atoms with E-state index in [2.05, 4.69) is 33.7 Å². The Labute approximate surface area is 183 Å². The second-order valence-corrected chi connectivity index (χ2v) is 9.13. The van der Waals surface area contributed by atoms with Crippen LogP contribution >= 0.6 is 27.7 Å². The van der Waals surface area contributed by atoms with Crippen molar-refractivity contribution in [3.8, 4) is 0 Å². The standard InChI is InChI=1S/C17H23BrN3O3S2.BrH/c1-4-9-20(10-5-2)16-21(6-3)17(22,12-25-16)13-7-8-14(18)15(11-13)26(19,23)24;/h4-5,7-8,11,22H,1-2,6,9-10,12H2,3H3,(H2,19,23,24);1H/q+1;/p-1. The Morgan fingerprint density at radius 2 is 2.00 bits per heavy atom. The third-order valence-electron chi connectivity index (χ3n) is 4.07. The van der Waals surface area contributed by atoms with Crippen LogP contribution in [0.3, 0.4) is 0 Å². The van der Waals surface area contributed by atoms with Crippen LogP contribution in [0.15, 0.2) is 52.9 Å². The van der Waals surface area contributed by atoms with Crippen LogP contribution in [0.25, 0.3) is 0 Å². The Morgan fingerprint density at radius 1 is 1.41 bits per heavy atom. The molecule has 1 aliphatic heterocycles. The van der Waals surface area contributed by atoms with Gasteiger partial charge in [-0.1, -0.05) is 31.4 Å². The molecule has 10 heteroatoms. The highest BCUT2D eigenvalue weighted by Crippen LogP contribution is 2.40. The molecule has 1 saturated heterocycles. The zero-order valence-corrected chi connectivity index (χ0v) is 19.7. The highest BCUT2D eigenvalue weighted by Gasteiger charge is 2.51. The molecule has 3 N–H and O–H groups in total. The fourth-order valence-corrected chi connectivity index (χ4v) is 5.87. The number of aliphatic hydroxyl groups is 1. The first-order valence-electron chi connectivity index (χ1n) is 7.98. The molecule has 1 unspecified atom stereocenters. The molecule has 6 nitrogen and oxygen atoms in total. The number of nitrogens with two attached hydrogens (primary N) is 1. The lowest BCUT2D eigenvalue weighted by molar-refractivity contribution is -0.510. The molecule has 1 atom stereocenters. The predicted molar refractivity (Wildman–Crippen MR) is 110 cm³/mol. The van der Waals surface area contributed by atoms with Crippen LogP contribution in [0.5, 0.6) is 0 Å². The Balaban J connectivity index is 0.00000364. The summed E-state index contributed by atoms with van der Waals surface area (Å²) in [5.41, 5.74) is -0.860. The normalized spacial score (nSPS) is 19.6. The molecule has 1 aromatic carbocycles. The van der Waals surface area contributed by atoms with E-state index in [1.807, 2.05) is 11.8 Å². The van der Waals surface area contributed by atoms with E-state index in [0.717, 1.165) is 5.17 Å². The fourth-order valence-electron chi connectivity index (χ4n) is 2.89. The fraction of sp³-hybridized carbons (Fsp3) is 0.353. The Kier molecular flexibility index (Phi) is 8.77. The molecule has 150 valence electrons. The maximum absolute atomic E-state index is 11.8. The third kappa shape index (κ3) is 5.04. The second-order valence-electron chi connectivity index (χ2n) is 5.80. The SMILES string of the molecule is C=CC[N+](CC=C)=C1SCC(O)(c2ccc(Br)c(S(N)(=O)=O)c2)N1CC.[Br-]. The maximum Gasteiger partial charge on any atom is 0.311 e. The van der Waals surface area contributed by atoms with Crippen LogP contribution in [0, 0.1) is 0 Å². The smallest absolute Gasteiger partial charge is 0.311 e. The van der Waals surface area contributed by atoms with Gasteiger partial charge >= 0.3 is 5.17 Å². The van der Waals surface area contributed by atoms with E-state index < -0.39 is 15.7 Å². The van der Waals surface area contributed by atoms with Crippen LogP contribution in [0.2, 0.25) is 0 Å². The summed E-state index contributed by atoms with van der Waals surface area (Å²) in [4.78, 5) is 1.81. The van der Waals surface area contributed by atoms with Crippen molar-refractivity contribution in [2.75, 3.05) is 25.4 Å². The zero-order chi connectivity index (χ0) is 19.5. The minimum Gasteiger partial charge on any atom is -1.00 e. The lowest BCUT2D eigenvalue weighted by atomic mass is 10.0. The van der Waals surface area contributed by atoms with Crippen molar-refractivity contribution in [1.82, 2.24) is 4.90 Å². The van der Waals surface area contributed by atoms with E-state index in [-0.39, 0.29) is 21.9 Å². The van der Waals surface area contributed by atoms with Gasteiger partial charge in [0, 0.05) is 10.0 Å². The molecule has 2 rings (SSSR count). The van der Waals surface area contributed by atoms with E-state index in [9.17, 15) is 13.5 Å². The number of sulfonamides is 1. The molecule has 27 heavy (non-hydrogen) atoms. The number of amidine groups is 1. The second kappa shape index (κ2) is 9.71. The zero-order valence-electron chi connectivity index (χ0n) is 14.9. The number of hydrogen-bond donors (Lipinski definition) is 2. The molecule has 1 heterocycles. The average molecular weight is 541 g/mol. The van der Waals surface area contributed by atoms with Gasteiger partial charge in [-0.3, -0.25) is 0 Å². The van der Waals surface area contributed by atoms with E-state index >= 15 is 0 Å². The number of primary sulfonamides is 1. The summed E-state index contributed by atoms with van der Waals surface area (Å²) in [6, 6.07) is 4.72. The molecule has 1 aromatic rings. The lowest BCUT2D eigenvalue weighted by Gasteiger charge is -2.28. The maximum atomic E-state index is 11.8. The summed E-state index contributed by atoms with van der Waals surface area (Å²) in [6.45, 7) is 11.3. The van der Waals surface area contributed by atoms with Crippen LogP contribution < -0.4 is 22.1 Å². The van der Waals surface area contributed by atoms with Crippen molar-refractivity contribution >= 4 is 42.9 Å². The topological polar surface area (TPSA) is 86.6 Å². The third-order valence-corrected chi connectivity index (χ3v) is 7.25. The van der Waals surface area contributed by atoms with Gasteiger partial charge in [-0.15, -0.1) is 0 Å². The minimum absolute atomic E-state index is 0. The van der Waals surface area contributed by atoms with Gasteiger partial charge in [-0.2, -0.15) is 0 Å². The molecule has 0 aliphatic carbocycles. The molecule has 0 bridgehead atoms. The Hall–Kier alpha value is -0.650. The first-order chi connectivity index (χ1) is 12.2. The van der Waals surface area contributed by atoms with Gasteiger partial charge in [-0.05, 0) is 46.7 Å². The quantitative estimate of drug-likeness (QED) is 0.344. The summed E-state index contributed by atoms with van der Waals surface area (Å²) >= 11 is 4.72. The monoisotopic (exact) mass is 539 g/mol. The predicted octanol–water partition coefficient (Wildman–Crippen LogP) is -0.945. The molecule has 0 aromatic heterocycles. The number of nitrogens with zero attached hydrogens (tertiary/aromatic N) is 2. The number of halogens is 2. The minimum atomic E-state index is -3.91.